The van der Waals surface area contributed by atoms with Crippen molar-refractivity contribution in [2.75, 3.05) is 45.8 Å². The van der Waals surface area contributed by atoms with Crippen molar-refractivity contribution in [3.63, 3.8) is 0 Å². The van der Waals surface area contributed by atoms with Crippen molar-refractivity contribution in [1.82, 2.24) is 14.7 Å². The van der Waals surface area contributed by atoms with Crippen LogP contribution in [0.4, 0.5) is 0 Å². The van der Waals surface area contributed by atoms with E-state index < -0.39 is 0 Å². The molecule has 126 valence electrons. The molecule has 23 heavy (non-hydrogen) atoms. The molecule has 1 heterocycles. The number of likely N-dealkylation sites (N-methyl/N-ethyl adjacent to an activating group) is 1. The van der Waals surface area contributed by atoms with Crippen molar-refractivity contribution < 1.29 is 9.59 Å². The molecule has 1 aromatic rings. The third-order valence-electron chi connectivity index (χ3n) is 4.51. The van der Waals surface area contributed by atoms with E-state index >= 15 is 0 Å². The summed E-state index contributed by atoms with van der Waals surface area (Å²) in [5.74, 6) is 0.270. The smallest absolute Gasteiger partial charge is 0.254 e. The third-order valence-corrected chi connectivity index (χ3v) is 4.51. The predicted octanol–water partition coefficient (Wildman–Crippen LogP) is 1.62. The van der Waals surface area contributed by atoms with Crippen molar-refractivity contribution in [1.29, 1.82) is 0 Å². The van der Waals surface area contributed by atoms with Gasteiger partial charge in [0.15, 0.2) is 0 Å². The van der Waals surface area contributed by atoms with Gasteiger partial charge in [-0.05, 0) is 32.4 Å². The minimum atomic E-state index is 0.0952. The second kappa shape index (κ2) is 8.11. The highest BCUT2D eigenvalue weighted by Gasteiger charge is 2.24. The van der Waals surface area contributed by atoms with Gasteiger partial charge in [-0.1, -0.05) is 18.2 Å². The highest BCUT2D eigenvalue weighted by molar-refractivity contribution is 5.95. The largest absolute Gasteiger partial charge is 0.342 e. The molecule has 0 radical (unpaired) electrons. The Hall–Kier alpha value is -1.88. The normalized spacial score (nSPS) is 15.5. The average molecular weight is 317 g/mol. The Kier molecular flexibility index (Phi) is 6.16. The number of amides is 2. The third kappa shape index (κ3) is 4.32. The zero-order valence-electron chi connectivity index (χ0n) is 14.4. The van der Waals surface area contributed by atoms with E-state index in [0.29, 0.717) is 19.6 Å². The number of aryl methyl sites for hydroxylation is 1. The summed E-state index contributed by atoms with van der Waals surface area (Å²) in [6.45, 7) is 10.8. The molecule has 0 unspecified atom stereocenters. The molecule has 2 amide bonds. The number of piperazine rings is 1. The number of benzene rings is 1. The number of carbonyl (C=O) groups is 2. The lowest BCUT2D eigenvalue weighted by Gasteiger charge is -2.35. The quantitative estimate of drug-likeness (QED) is 0.829. The van der Waals surface area contributed by atoms with E-state index in [2.05, 4.69) is 4.90 Å². The van der Waals surface area contributed by atoms with E-state index in [1.54, 1.807) is 0 Å². The first-order chi connectivity index (χ1) is 11.1. The van der Waals surface area contributed by atoms with E-state index in [1.807, 2.05) is 54.8 Å². The minimum absolute atomic E-state index is 0.0952. The number of hydrogen-bond donors (Lipinski definition) is 0. The second-order valence-electron chi connectivity index (χ2n) is 5.95. The number of nitrogens with zero attached hydrogens (tertiary/aromatic N) is 3. The van der Waals surface area contributed by atoms with Crippen LogP contribution >= 0.6 is 0 Å². The molecule has 5 heteroatoms. The van der Waals surface area contributed by atoms with Gasteiger partial charge in [0.05, 0.1) is 6.54 Å². The van der Waals surface area contributed by atoms with Crippen LogP contribution in [0.15, 0.2) is 24.3 Å². The first-order valence-corrected chi connectivity index (χ1v) is 8.41. The molecule has 0 bridgehead atoms. The SMILES string of the molecule is CCN(CC)C(=O)CN1CCN(C(=O)c2ccccc2C)CC1. The Morgan fingerprint density at radius 2 is 1.65 bits per heavy atom. The van der Waals surface area contributed by atoms with Gasteiger partial charge < -0.3 is 9.80 Å². The Labute approximate surface area is 138 Å². The highest BCUT2D eigenvalue weighted by Crippen LogP contribution is 2.12. The summed E-state index contributed by atoms with van der Waals surface area (Å²) in [5.41, 5.74) is 1.79. The first kappa shape index (κ1) is 17.5. The molecule has 1 aliphatic rings. The first-order valence-electron chi connectivity index (χ1n) is 8.41. The summed E-state index contributed by atoms with van der Waals surface area (Å²) < 4.78 is 0. The van der Waals surface area contributed by atoms with E-state index in [1.165, 1.54) is 0 Å². The predicted molar refractivity (Wildman–Crippen MR) is 91.5 cm³/mol. The molecular weight excluding hydrogens is 290 g/mol. The molecule has 0 N–H and O–H groups in total. The van der Waals surface area contributed by atoms with E-state index in [-0.39, 0.29) is 11.8 Å². The van der Waals surface area contributed by atoms with Gasteiger partial charge in [-0.3, -0.25) is 14.5 Å². The van der Waals surface area contributed by atoms with Gasteiger partial charge in [0.1, 0.15) is 0 Å². The maximum atomic E-state index is 12.6. The van der Waals surface area contributed by atoms with Crippen LogP contribution in [0, 0.1) is 6.92 Å². The lowest BCUT2D eigenvalue weighted by atomic mass is 10.1. The van der Waals surface area contributed by atoms with Gasteiger partial charge in [0, 0.05) is 44.8 Å². The summed E-state index contributed by atoms with van der Waals surface area (Å²) in [7, 11) is 0. The van der Waals surface area contributed by atoms with Crippen LogP contribution < -0.4 is 0 Å². The fourth-order valence-corrected chi connectivity index (χ4v) is 2.96. The molecule has 0 saturated carbocycles. The molecule has 0 aromatic heterocycles. The van der Waals surface area contributed by atoms with Crippen LogP contribution in [0.25, 0.3) is 0 Å². The lowest BCUT2D eigenvalue weighted by molar-refractivity contribution is -0.132. The zero-order valence-corrected chi connectivity index (χ0v) is 14.4. The summed E-state index contributed by atoms with van der Waals surface area (Å²) in [6, 6.07) is 7.70. The number of carbonyl (C=O) groups excluding carboxylic acids is 2. The Morgan fingerprint density at radius 1 is 1.04 bits per heavy atom. The molecule has 1 aliphatic heterocycles. The Bertz CT molecular complexity index is 547. The van der Waals surface area contributed by atoms with Gasteiger partial charge in [-0.25, -0.2) is 0 Å². The van der Waals surface area contributed by atoms with E-state index in [9.17, 15) is 9.59 Å². The topological polar surface area (TPSA) is 43.9 Å². The number of hydrogen-bond acceptors (Lipinski definition) is 3. The van der Waals surface area contributed by atoms with Crippen LogP contribution in [0.3, 0.4) is 0 Å². The van der Waals surface area contributed by atoms with Crippen molar-refractivity contribution in [3.8, 4) is 0 Å². The van der Waals surface area contributed by atoms with Gasteiger partial charge in [0.25, 0.3) is 5.91 Å². The lowest BCUT2D eigenvalue weighted by Crippen LogP contribution is -2.51. The maximum absolute atomic E-state index is 12.6. The maximum Gasteiger partial charge on any atom is 0.254 e. The molecule has 1 fully saturated rings. The molecular formula is C18H27N3O2. The highest BCUT2D eigenvalue weighted by atomic mass is 16.2. The molecule has 0 atom stereocenters. The summed E-state index contributed by atoms with van der Waals surface area (Å²) in [4.78, 5) is 30.6. The Balaban J connectivity index is 1.88. The van der Waals surface area contributed by atoms with Crippen molar-refractivity contribution in [2.45, 2.75) is 20.8 Å². The number of rotatable bonds is 5. The van der Waals surface area contributed by atoms with Crippen molar-refractivity contribution >= 4 is 11.8 Å². The van der Waals surface area contributed by atoms with Gasteiger partial charge >= 0.3 is 0 Å². The van der Waals surface area contributed by atoms with Crippen LogP contribution in [-0.2, 0) is 4.79 Å². The van der Waals surface area contributed by atoms with E-state index in [4.69, 9.17) is 0 Å². The van der Waals surface area contributed by atoms with Gasteiger partial charge in [0.2, 0.25) is 5.91 Å². The summed E-state index contributed by atoms with van der Waals surface area (Å²) in [6.07, 6.45) is 0. The molecule has 2 rings (SSSR count). The fourth-order valence-electron chi connectivity index (χ4n) is 2.96. The monoisotopic (exact) mass is 317 g/mol. The molecule has 1 aromatic carbocycles. The molecule has 1 saturated heterocycles. The van der Waals surface area contributed by atoms with Crippen molar-refractivity contribution in [3.05, 3.63) is 35.4 Å². The molecule has 5 nitrogen and oxygen atoms in total. The Morgan fingerprint density at radius 3 is 2.22 bits per heavy atom. The van der Waals surface area contributed by atoms with Gasteiger partial charge in [-0.2, -0.15) is 0 Å². The average Bonchev–Trinajstić information content (AvgIpc) is 2.56. The van der Waals surface area contributed by atoms with Crippen LogP contribution in [0.5, 0.6) is 0 Å². The van der Waals surface area contributed by atoms with Crippen molar-refractivity contribution in [2.24, 2.45) is 0 Å². The second-order valence-corrected chi connectivity index (χ2v) is 5.95. The van der Waals surface area contributed by atoms with Gasteiger partial charge in [-0.15, -0.1) is 0 Å². The molecule has 0 spiro atoms. The van der Waals surface area contributed by atoms with Crippen LogP contribution in [-0.4, -0.2) is 72.3 Å². The molecule has 0 aliphatic carbocycles. The van der Waals surface area contributed by atoms with Crippen LogP contribution in [0.1, 0.15) is 29.8 Å². The fraction of sp³-hybridized carbons (Fsp3) is 0.556. The summed E-state index contributed by atoms with van der Waals surface area (Å²) in [5, 5.41) is 0. The zero-order chi connectivity index (χ0) is 16.8. The standard InChI is InChI=1S/C18H27N3O2/c1-4-20(5-2)17(22)14-19-10-12-21(13-11-19)18(23)16-9-7-6-8-15(16)3/h6-9H,4-5,10-14H2,1-3H3. The minimum Gasteiger partial charge on any atom is -0.342 e. The van der Waals surface area contributed by atoms with E-state index in [0.717, 1.165) is 37.3 Å². The van der Waals surface area contributed by atoms with Crippen LogP contribution in [0.2, 0.25) is 0 Å². The summed E-state index contributed by atoms with van der Waals surface area (Å²) >= 11 is 0.